The lowest BCUT2D eigenvalue weighted by atomic mass is 10.1. The van der Waals surface area contributed by atoms with Crippen LogP contribution in [0.5, 0.6) is 0 Å². The number of furan rings is 1. The second-order valence-electron chi connectivity index (χ2n) is 7.79. The minimum atomic E-state index is -0.763. The predicted molar refractivity (Wildman–Crippen MR) is 121 cm³/mol. The highest BCUT2D eigenvalue weighted by atomic mass is 16.5. The molecule has 2 aromatic heterocycles. The number of nitrogens with one attached hydrogen (secondary N) is 1. The average molecular weight is 444 g/mol. The number of nitrogen functional groups attached to an aromatic ring is 1. The Morgan fingerprint density at radius 3 is 2.59 bits per heavy atom. The summed E-state index contributed by atoms with van der Waals surface area (Å²) in [5.74, 6) is -0.566. The Balaban J connectivity index is 2.20. The van der Waals surface area contributed by atoms with Gasteiger partial charge in [0.2, 0.25) is 0 Å². The molecule has 10 heteroatoms. The third-order valence-electron chi connectivity index (χ3n) is 4.98. The van der Waals surface area contributed by atoms with E-state index in [0.29, 0.717) is 11.1 Å². The number of anilines is 2. The topological polar surface area (TPSA) is 133 Å². The lowest BCUT2D eigenvalue weighted by Gasteiger charge is -2.24. The molecule has 3 rings (SSSR count). The highest BCUT2D eigenvalue weighted by Gasteiger charge is 2.30. The van der Waals surface area contributed by atoms with Crippen molar-refractivity contribution < 1.29 is 18.7 Å². The van der Waals surface area contributed by atoms with E-state index in [2.05, 4.69) is 4.98 Å². The summed E-state index contributed by atoms with van der Waals surface area (Å²) in [6.07, 6.45) is 0. The van der Waals surface area contributed by atoms with E-state index < -0.39 is 17.2 Å². The first-order valence-electron chi connectivity index (χ1n) is 10.2. The molecule has 0 spiro atoms. The maximum atomic E-state index is 13.7. The van der Waals surface area contributed by atoms with Gasteiger partial charge in [0, 0.05) is 31.7 Å². The van der Waals surface area contributed by atoms with Crippen molar-refractivity contribution in [1.29, 1.82) is 0 Å². The number of carbonyl (C=O) groups is 1. The molecule has 0 aliphatic heterocycles. The fraction of sp³-hybridized carbons (Fsp3) is 0.409. The molecule has 10 nitrogen and oxygen atoms in total. The van der Waals surface area contributed by atoms with Crippen molar-refractivity contribution in [3.63, 3.8) is 0 Å². The highest BCUT2D eigenvalue weighted by molar-refractivity contribution is 6.09. The van der Waals surface area contributed by atoms with Crippen LogP contribution < -0.4 is 21.9 Å². The Labute approximate surface area is 184 Å². The van der Waals surface area contributed by atoms with E-state index in [1.165, 1.54) is 23.7 Å². The zero-order valence-corrected chi connectivity index (χ0v) is 18.6. The van der Waals surface area contributed by atoms with E-state index >= 15 is 0 Å². The molecule has 0 atom stereocenters. The Kier molecular flexibility index (Phi) is 7.16. The van der Waals surface area contributed by atoms with E-state index in [1.807, 2.05) is 26.0 Å². The molecule has 0 unspecified atom stereocenters. The number of fused-ring (bicyclic) bond motifs is 1. The summed E-state index contributed by atoms with van der Waals surface area (Å²) in [5.41, 5.74) is 5.80. The van der Waals surface area contributed by atoms with Crippen LogP contribution in [0.25, 0.3) is 11.0 Å². The standard InChI is InChI=1S/C22H28N4O6/c1-13(2)11-26-19(23)17(20(27)24-22(26)29)25(9-10-30-3)21(28)18-15(12-31-4)14-7-5-6-8-16(14)32-18/h5-8,13H,9-12,23H2,1-4H3,(H,24,27,29). The number of nitrogens with zero attached hydrogens (tertiary/aromatic N) is 2. The smallest absolute Gasteiger partial charge is 0.330 e. The summed E-state index contributed by atoms with van der Waals surface area (Å²) in [4.78, 5) is 42.2. The molecule has 32 heavy (non-hydrogen) atoms. The van der Waals surface area contributed by atoms with Crippen molar-refractivity contribution in [2.24, 2.45) is 5.92 Å². The lowest BCUT2D eigenvalue weighted by Crippen LogP contribution is -2.43. The number of nitrogens with two attached hydrogens (primary N) is 1. The normalized spacial score (nSPS) is 11.4. The van der Waals surface area contributed by atoms with Crippen LogP contribution in [0.3, 0.4) is 0 Å². The van der Waals surface area contributed by atoms with Gasteiger partial charge in [0.05, 0.1) is 19.8 Å². The molecule has 0 aliphatic rings. The van der Waals surface area contributed by atoms with Gasteiger partial charge in [0.25, 0.3) is 11.5 Å². The maximum absolute atomic E-state index is 13.7. The fourth-order valence-corrected chi connectivity index (χ4v) is 3.56. The number of hydrogen-bond acceptors (Lipinski definition) is 7. The molecule has 172 valence electrons. The zero-order chi connectivity index (χ0) is 23.4. The van der Waals surface area contributed by atoms with Crippen molar-refractivity contribution in [3.8, 4) is 0 Å². The van der Waals surface area contributed by atoms with Gasteiger partial charge in [-0.3, -0.25) is 24.0 Å². The zero-order valence-electron chi connectivity index (χ0n) is 18.6. The van der Waals surface area contributed by atoms with E-state index in [0.717, 1.165) is 5.39 Å². The summed E-state index contributed by atoms with van der Waals surface area (Å²) in [6.45, 7) is 4.39. The minimum absolute atomic E-state index is 0.0198. The molecule has 3 N–H and O–H groups in total. The van der Waals surface area contributed by atoms with Crippen LogP contribution >= 0.6 is 0 Å². The van der Waals surface area contributed by atoms with Gasteiger partial charge < -0.3 is 19.6 Å². The molecule has 0 fully saturated rings. The first kappa shape index (κ1) is 23.3. The van der Waals surface area contributed by atoms with E-state index in [1.54, 1.807) is 12.1 Å². The van der Waals surface area contributed by atoms with Crippen molar-refractivity contribution in [3.05, 3.63) is 56.4 Å². The molecule has 0 saturated carbocycles. The maximum Gasteiger partial charge on any atom is 0.330 e. The van der Waals surface area contributed by atoms with Gasteiger partial charge in [-0.25, -0.2) is 4.79 Å². The van der Waals surface area contributed by atoms with Gasteiger partial charge in [-0.05, 0) is 12.0 Å². The molecule has 0 saturated heterocycles. The molecule has 1 aromatic carbocycles. The van der Waals surface area contributed by atoms with Crippen LogP contribution in [0.1, 0.15) is 30.0 Å². The first-order chi connectivity index (χ1) is 15.3. The van der Waals surface area contributed by atoms with E-state index in [4.69, 9.17) is 19.6 Å². The number of para-hydroxylation sites is 1. The molecule has 1 amide bonds. The van der Waals surface area contributed by atoms with Gasteiger partial charge in [-0.2, -0.15) is 0 Å². The highest BCUT2D eigenvalue weighted by Crippen LogP contribution is 2.29. The largest absolute Gasteiger partial charge is 0.450 e. The van der Waals surface area contributed by atoms with Gasteiger partial charge in [0.1, 0.15) is 11.4 Å². The molecule has 2 heterocycles. The van der Waals surface area contributed by atoms with Gasteiger partial charge >= 0.3 is 5.69 Å². The number of benzene rings is 1. The number of methoxy groups -OCH3 is 2. The Bertz CT molecular complexity index is 1220. The summed E-state index contributed by atoms with van der Waals surface area (Å²) < 4.78 is 17.5. The number of carbonyl (C=O) groups excluding carboxylic acids is 1. The monoisotopic (exact) mass is 444 g/mol. The Morgan fingerprint density at radius 1 is 1.22 bits per heavy atom. The second kappa shape index (κ2) is 9.84. The second-order valence-corrected chi connectivity index (χ2v) is 7.79. The Hall–Kier alpha value is -3.37. The van der Waals surface area contributed by atoms with Gasteiger partial charge in [0.15, 0.2) is 11.4 Å². The summed E-state index contributed by atoms with van der Waals surface area (Å²) in [6, 6.07) is 7.20. The number of rotatable bonds is 9. The quantitative estimate of drug-likeness (QED) is 0.515. The van der Waals surface area contributed by atoms with Crippen molar-refractivity contribution in [2.75, 3.05) is 38.0 Å². The number of H-pyrrole nitrogens is 1. The lowest BCUT2D eigenvalue weighted by molar-refractivity contribution is 0.0944. The summed E-state index contributed by atoms with van der Waals surface area (Å²) >= 11 is 0. The van der Waals surface area contributed by atoms with Gasteiger partial charge in [-0.15, -0.1) is 0 Å². The molecule has 0 bridgehead atoms. The third kappa shape index (κ3) is 4.46. The van der Waals surface area contributed by atoms with Crippen LogP contribution in [0.4, 0.5) is 11.5 Å². The number of amides is 1. The van der Waals surface area contributed by atoms with E-state index in [-0.39, 0.29) is 49.5 Å². The van der Waals surface area contributed by atoms with Crippen LogP contribution in [0.2, 0.25) is 0 Å². The summed E-state index contributed by atoms with van der Waals surface area (Å²) in [5, 5.41) is 0.732. The summed E-state index contributed by atoms with van der Waals surface area (Å²) in [7, 11) is 3.00. The number of hydrogen-bond donors (Lipinski definition) is 2. The number of ether oxygens (including phenoxy) is 2. The van der Waals surface area contributed by atoms with Crippen LogP contribution in [0, 0.1) is 5.92 Å². The number of aromatic amines is 1. The van der Waals surface area contributed by atoms with Gasteiger partial charge in [-0.1, -0.05) is 32.0 Å². The molecular formula is C22H28N4O6. The number of aromatic nitrogens is 2. The van der Waals surface area contributed by atoms with Crippen molar-refractivity contribution >= 4 is 28.4 Å². The van der Waals surface area contributed by atoms with Crippen molar-refractivity contribution in [2.45, 2.75) is 27.0 Å². The Morgan fingerprint density at radius 2 is 1.94 bits per heavy atom. The van der Waals surface area contributed by atoms with Crippen molar-refractivity contribution in [1.82, 2.24) is 9.55 Å². The molecule has 0 aliphatic carbocycles. The first-order valence-corrected chi connectivity index (χ1v) is 10.2. The third-order valence-corrected chi connectivity index (χ3v) is 4.98. The van der Waals surface area contributed by atoms with E-state index in [9.17, 15) is 14.4 Å². The van der Waals surface area contributed by atoms with Crippen LogP contribution in [0.15, 0.2) is 38.3 Å². The van der Waals surface area contributed by atoms with Crippen LogP contribution in [-0.4, -0.2) is 42.8 Å². The predicted octanol–water partition coefficient (Wildman–Crippen LogP) is 1.96. The fourth-order valence-electron chi connectivity index (χ4n) is 3.56. The van der Waals surface area contributed by atoms with Crippen LogP contribution in [-0.2, 0) is 22.6 Å². The molecule has 3 aromatic rings. The molecular weight excluding hydrogens is 416 g/mol. The minimum Gasteiger partial charge on any atom is -0.450 e. The molecule has 0 radical (unpaired) electrons. The SMILES string of the molecule is COCCN(C(=O)c1oc2ccccc2c1COC)c1c(N)n(CC(C)C)c(=O)[nH]c1=O. The average Bonchev–Trinajstić information content (AvgIpc) is 3.11.